The van der Waals surface area contributed by atoms with Crippen LogP contribution in [0.1, 0.15) is 19.8 Å². The Labute approximate surface area is 116 Å². The van der Waals surface area contributed by atoms with Gasteiger partial charge in [-0.3, -0.25) is 5.32 Å². The quantitative estimate of drug-likeness (QED) is 0.349. The highest BCUT2D eigenvalue weighted by Gasteiger charge is 1.96. The van der Waals surface area contributed by atoms with E-state index in [1.165, 1.54) is 0 Å². The molecule has 0 saturated carbocycles. The molecule has 1 fully saturated rings. The van der Waals surface area contributed by atoms with Gasteiger partial charge in [0.1, 0.15) is 6.11 Å². The predicted molar refractivity (Wildman–Crippen MR) is 74.9 cm³/mol. The molecule has 1 rings (SSSR count). The van der Waals surface area contributed by atoms with Crippen molar-refractivity contribution in [2.75, 3.05) is 30.9 Å². The third-order valence-corrected chi connectivity index (χ3v) is 2.09. The number of carbonyl (C=O) groups excluding carboxylic acids is 1. The molecule has 1 heterocycles. The Kier molecular flexibility index (Phi) is 13.1. The van der Waals surface area contributed by atoms with Crippen molar-refractivity contribution in [2.45, 2.75) is 19.8 Å². The highest BCUT2D eigenvalue weighted by molar-refractivity contribution is 14.1. The van der Waals surface area contributed by atoms with Gasteiger partial charge in [-0.1, -0.05) is 35.9 Å². The van der Waals surface area contributed by atoms with Gasteiger partial charge in [-0.05, 0) is 12.3 Å². The van der Waals surface area contributed by atoms with Gasteiger partial charge in [0.05, 0.1) is 17.8 Å². The van der Waals surface area contributed by atoms with Crippen LogP contribution in [-0.4, -0.2) is 36.9 Å². The zero-order chi connectivity index (χ0) is 12.8. The van der Waals surface area contributed by atoms with Gasteiger partial charge in [-0.2, -0.15) is 0 Å². The Hall–Kier alpha value is -0.520. The van der Waals surface area contributed by atoms with E-state index in [1.54, 1.807) is 0 Å². The monoisotopic (exact) mass is 354 g/mol. The lowest BCUT2D eigenvalue weighted by atomic mass is 10.3. The van der Waals surface area contributed by atoms with Crippen LogP contribution < -0.4 is 10.6 Å². The Bertz CT molecular complexity index is 239. The molecule has 0 spiro atoms. The lowest BCUT2D eigenvalue weighted by Gasteiger charge is -1.98. The van der Waals surface area contributed by atoms with Crippen LogP contribution in [0.5, 0.6) is 0 Å². The predicted octanol–water partition coefficient (Wildman–Crippen LogP) is 1.47. The first-order valence-corrected chi connectivity index (χ1v) is 7.10. The highest BCUT2D eigenvalue weighted by atomic mass is 127. The van der Waals surface area contributed by atoms with Crippen molar-refractivity contribution < 1.29 is 14.3 Å². The number of unbranched alkanes of at least 4 members (excludes halogenated alkanes) is 1. The Morgan fingerprint density at radius 2 is 2.47 bits per heavy atom. The normalized spacial score (nSPS) is 12.8. The molecule has 0 radical (unpaired) electrons. The standard InChI is InChI=1S/C8H12INO2.C3H7NO/c1-2-3-6-10-8(11)12-7-4-5-9;1-2-5-3-4-1/h2-3,5-6H2,1H3,(H,10,11);4H,1-3H2. The van der Waals surface area contributed by atoms with Crippen molar-refractivity contribution in [1.82, 2.24) is 10.6 Å². The average Bonchev–Trinajstić information content (AvgIpc) is 2.88. The Morgan fingerprint density at radius 1 is 1.65 bits per heavy atom. The minimum Gasteiger partial charge on any atom is -0.365 e. The molecule has 0 aliphatic carbocycles. The van der Waals surface area contributed by atoms with E-state index in [0.29, 0.717) is 11.0 Å². The van der Waals surface area contributed by atoms with Crippen molar-refractivity contribution in [1.29, 1.82) is 0 Å². The minimum absolute atomic E-state index is 0.458. The Balaban J connectivity index is 0.000000419. The van der Waals surface area contributed by atoms with Crippen molar-refractivity contribution in [3.05, 3.63) is 0 Å². The molecule has 0 bridgehead atoms. The molecule has 0 atom stereocenters. The second kappa shape index (κ2) is 13.5. The van der Waals surface area contributed by atoms with E-state index in [0.717, 1.165) is 32.7 Å². The molecule has 6 heteroatoms. The molecule has 98 valence electrons. The molecular weight excluding hydrogens is 335 g/mol. The molecule has 0 aromatic carbocycles. The van der Waals surface area contributed by atoms with Crippen molar-refractivity contribution in [2.24, 2.45) is 0 Å². The third-order valence-electron chi connectivity index (χ3n) is 1.71. The van der Waals surface area contributed by atoms with E-state index >= 15 is 0 Å². The molecule has 0 aromatic heterocycles. The molecule has 17 heavy (non-hydrogen) atoms. The summed E-state index contributed by atoms with van der Waals surface area (Å²) < 4.78 is 10.0. The van der Waals surface area contributed by atoms with Gasteiger partial charge in [0.25, 0.3) is 0 Å². The van der Waals surface area contributed by atoms with Crippen LogP contribution in [0.2, 0.25) is 0 Å². The summed E-state index contributed by atoms with van der Waals surface area (Å²) in [5.41, 5.74) is 0. The first kappa shape index (κ1) is 16.5. The van der Waals surface area contributed by atoms with Crippen molar-refractivity contribution in [3.8, 4) is 12.0 Å². The van der Waals surface area contributed by atoms with Gasteiger partial charge in [-0.25, -0.2) is 4.79 Å². The zero-order valence-electron chi connectivity index (χ0n) is 10.1. The summed E-state index contributed by atoms with van der Waals surface area (Å²) in [7, 11) is 0. The number of amides is 1. The fourth-order valence-corrected chi connectivity index (χ4v) is 1.03. The first-order chi connectivity index (χ1) is 8.31. The first-order valence-electron chi connectivity index (χ1n) is 5.58. The maximum absolute atomic E-state index is 10.8. The van der Waals surface area contributed by atoms with E-state index in [1.807, 2.05) is 0 Å². The third kappa shape index (κ3) is 13.4. The van der Waals surface area contributed by atoms with E-state index in [4.69, 9.17) is 4.74 Å². The fourth-order valence-electron chi connectivity index (χ4n) is 0.874. The smallest absolute Gasteiger partial charge is 0.365 e. The van der Waals surface area contributed by atoms with Crippen LogP contribution >= 0.6 is 22.6 Å². The largest absolute Gasteiger partial charge is 0.421 e. The summed E-state index contributed by atoms with van der Waals surface area (Å²) >= 11 is 2.08. The molecule has 1 saturated heterocycles. The number of hydrogen-bond donors (Lipinski definition) is 2. The molecule has 1 aliphatic heterocycles. The zero-order valence-corrected chi connectivity index (χ0v) is 12.2. The minimum atomic E-state index is -0.458. The van der Waals surface area contributed by atoms with Gasteiger partial charge in [0, 0.05) is 13.1 Å². The summed E-state index contributed by atoms with van der Waals surface area (Å²) in [4.78, 5) is 10.8. The van der Waals surface area contributed by atoms with Gasteiger partial charge in [-0.15, -0.1) is 0 Å². The van der Waals surface area contributed by atoms with Crippen LogP contribution in [0.15, 0.2) is 0 Å². The number of alkyl carbamates (subject to hydrolysis) is 1. The number of carbonyl (C=O) groups is 1. The van der Waals surface area contributed by atoms with Crippen molar-refractivity contribution in [3.63, 3.8) is 0 Å². The summed E-state index contributed by atoms with van der Waals surface area (Å²) in [5, 5.41) is 5.58. The lowest BCUT2D eigenvalue weighted by Crippen LogP contribution is -2.23. The molecule has 0 aromatic rings. The number of halogens is 1. The maximum Gasteiger partial charge on any atom is 0.421 e. The number of nitrogens with one attached hydrogen (secondary N) is 2. The fraction of sp³-hybridized carbons (Fsp3) is 0.727. The van der Waals surface area contributed by atoms with Crippen LogP contribution in [0.4, 0.5) is 4.79 Å². The van der Waals surface area contributed by atoms with Crippen LogP contribution in [0, 0.1) is 12.0 Å². The molecule has 0 unspecified atom stereocenters. The van der Waals surface area contributed by atoms with Crippen LogP contribution in [0.3, 0.4) is 0 Å². The highest BCUT2D eigenvalue weighted by Crippen LogP contribution is 1.83. The number of rotatable bonds is 3. The molecule has 5 nitrogen and oxygen atoms in total. The molecular formula is C11H19IN2O3. The number of alkyl halides is 1. The summed E-state index contributed by atoms with van der Waals surface area (Å²) in [6.45, 7) is 5.38. The SMILES string of the molecule is C1COCN1.CCCCNC(=O)OC#CCI. The van der Waals surface area contributed by atoms with Gasteiger partial charge < -0.3 is 14.8 Å². The van der Waals surface area contributed by atoms with E-state index < -0.39 is 6.09 Å². The summed E-state index contributed by atoms with van der Waals surface area (Å²) in [6.07, 6.45) is 3.86. The maximum atomic E-state index is 10.8. The van der Waals surface area contributed by atoms with Crippen LogP contribution in [0.25, 0.3) is 0 Å². The number of ether oxygens (including phenoxy) is 2. The molecule has 1 aliphatic rings. The topological polar surface area (TPSA) is 59.6 Å². The lowest BCUT2D eigenvalue weighted by molar-refractivity contribution is 0.191. The molecule has 2 N–H and O–H groups in total. The second-order valence-corrected chi connectivity index (χ2v) is 3.90. The van der Waals surface area contributed by atoms with Gasteiger partial charge >= 0.3 is 6.09 Å². The number of hydrogen-bond acceptors (Lipinski definition) is 4. The average molecular weight is 354 g/mol. The van der Waals surface area contributed by atoms with Crippen molar-refractivity contribution >= 4 is 28.7 Å². The van der Waals surface area contributed by atoms with E-state index in [9.17, 15) is 4.79 Å². The van der Waals surface area contributed by atoms with Gasteiger partial charge in [0.2, 0.25) is 0 Å². The second-order valence-electron chi connectivity index (χ2n) is 3.13. The van der Waals surface area contributed by atoms with E-state index in [-0.39, 0.29) is 0 Å². The molecule has 1 amide bonds. The Morgan fingerprint density at radius 3 is 2.94 bits per heavy atom. The van der Waals surface area contributed by atoms with Crippen LogP contribution in [-0.2, 0) is 9.47 Å². The summed E-state index contributed by atoms with van der Waals surface area (Å²) in [6, 6.07) is 0. The summed E-state index contributed by atoms with van der Waals surface area (Å²) in [5.74, 6) is 2.62. The van der Waals surface area contributed by atoms with Gasteiger partial charge in [0.15, 0.2) is 0 Å². The van der Waals surface area contributed by atoms with E-state index in [2.05, 4.69) is 56.9 Å².